The Morgan fingerprint density at radius 2 is 1.03 bits per heavy atom. The van der Waals surface area contributed by atoms with Crippen molar-refractivity contribution in [2.75, 3.05) is 26.2 Å². The summed E-state index contributed by atoms with van der Waals surface area (Å²) in [5, 5.41) is 13.4. The van der Waals surface area contributed by atoms with Gasteiger partial charge in [-0.15, -0.1) is 0 Å². The standard InChI is InChI=1S/C25H31N3O7S2/c1-15-11-27(12-16(2)34-15)36(30,31)19-5-7-21-22-8-6-20(10-24(22)25(26-29)23(21)9-19)37(32,33)28-13-17(3)35-18(4)14-28/h5-10,15-18,29H,11-14H2,1-4H3/t15-,16-,17-,18-/m1/s1. The van der Waals surface area contributed by atoms with E-state index >= 15 is 0 Å². The van der Waals surface area contributed by atoms with E-state index in [0.717, 1.165) is 0 Å². The minimum absolute atomic E-state index is 0.0747. The molecule has 5 rings (SSSR count). The number of hydrogen-bond acceptors (Lipinski definition) is 8. The van der Waals surface area contributed by atoms with E-state index in [9.17, 15) is 22.0 Å². The van der Waals surface area contributed by atoms with Gasteiger partial charge in [-0.25, -0.2) is 16.8 Å². The summed E-state index contributed by atoms with van der Waals surface area (Å²) in [6.45, 7) is 8.29. The Morgan fingerprint density at radius 1 is 0.676 bits per heavy atom. The molecule has 2 heterocycles. The maximum Gasteiger partial charge on any atom is 0.243 e. The number of fused-ring (bicyclic) bond motifs is 3. The zero-order valence-corrected chi connectivity index (χ0v) is 22.8. The Morgan fingerprint density at radius 3 is 1.35 bits per heavy atom. The van der Waals surface area contributed by atoms with E-state index in [1.165, 1.54) is 32.9 Å². The first kappa shape index (κ1) is 26.3. The van der Waals surface area contributed by atoms with Crippen LogP contribution in [0.1, 0.15) is 38.8 Å². The second kappa shape index (κ2) is 9.44. The van der Waals surface area contributed by atoms with Gasteiger partial charge in [0.15, 0.2) is 0 Å². The number of sulfonamides is 2. The van der Waals surface area contributed by atoms with Gasteiger partial charge in [0.1, 0.15) is 5.71 Å². The second-order valence-electron chi connectivity index (χ2n) is 10.0. The van der Waals surface area contributed by atoms with Crippen molar-refractivity contribution < 1.29 is 31.5 Å². The molecule has 2 fully saturated rings. The van der Waals surface area contributed by atoms with Crippen LogP contribution in [-0.2, 0) is 29.5 Å². The molecule has 37 heavy (non-hydrogen) atoms. The van der Waals surface area contributed by atoms with Crippen molar-refractivity contribution in [2.45, 2.75) is 61.9 Å². The summed E-state index contributed by atoms with van der Waals surface area (Å²) >= 11 is 0. The molecule has 0 unspecified atom stereocenters. The fraction of sp³-hybridized carbons (Fsp3) is 0.480. The van der Waals surface area contributed by atoms with Gasteiger partial charge in [-0.05, 0) is 63.1 Å². The molecule has 2 aliphatic heterocycles. The lowest BCUT2D eigenvalue weighted by molar-refractivity contribution is -0.0442. The van der Waals surface area contributed by atoms with E-state index < -0.39 is 20.0 Å². The summed E-state index contributed by atoms with van der Waals surface area (Å²) in [6, 6.07) is 9.39. The molecule has 2 aromatic rings. The number of hydrogen-bond donors (Lipinski definition) is 1. The minimum Gasteiger partial charge on any atom is -0.410 e. The number of rotatable bonds is 4. The van der Waals surface area contributed by atoms with Gasteiger partial charge >= 0.3 is 0 Å². The highest BCUT2D eigenvalue weighted by Crippen LogP contribution is 2.40. The monoisotopic (exact) mass is 549 g/mol. The van der Waals surface area contributed by atoms with Crippen LogP contribution in [-0.4, -0.2) is 87.0 Å². The molecule has 200 valence electrons. The Labute approximate surface area is 217 Å². The molecule has 0 aromatic heterocycles. The van der Waals surface area contributed by atoms with Crippen LogP contribution in [0.5, 0.6) is 0 Å². The van der Waals surface area contributed by atoms with E-state index in [1.54, 1.807) is 12.1 Å². The summed E-state index contributed by atoms with van der Waals surface area (Å²) < 4.78 is 67.9. The van der Waals surface area contributed by atoms with Crippen molar-refractivity contribution in [1.29, 1.82) is 0 Å². The van der Waals surface area contributed by atoms with Gasteiger partial charge in [0.2, 0.25) is 20.0 Å². The molecule has 12 heteroatoms. The SMILES string of the molecule is C[C@@H]1CN(S(=O)(=O)c2ccc3c(c2)C(=NO)c2cc(S(=O)(=O)N4C[C@@H](C)O[C@H](C)C4)ccc2-3)C[C@@H](C)O1. The molecule has 0 radical (unpaired) electrons. The summed E-state index contributed by atoms with van der Waals surface area (Å²) in [5.41, 5.74) is 2.32. The summed E-state index contributed by atoms with van der Waals surface area (Å²) in [7, 11) is -7.65. The Kier molecular flexibility index (Phi) is 6.70. The Bertz CT molecular complexity index is 1350. The third-order valence-electron chi connectivity index (χ3n) is 6.93. The van der Waals surface area contributed by atoms with Crippen molar-refractivity contribution in [3.63, 3.8) is 0 Å². The first-order valence-corrected chi connectivity index (χ1v) is 15.1. The molecule has 0 saturated carbocycles. The highest BCUT2D eigenvalue weighted by molar-refractivity contribution is 7.89. The highest BCUT2D eigenvalue weighted by atomic mass is 32.2. The molecular formula is C25H31N3O7S2. The molecule has 1 aliphatic carbocycles. The van der Waals surface area contributed by atoms with E-state index in [0.29, 0.717) is 22.3 Å². The molecule has 4 atom stereocenters. The lowest BCUT2D eigenvalue weighted by Gasteiger charge is -2.34. The summed E-state index contributed by atoms with van der Waals surface area (Å²) in [4.78, 5) is 0.149. The fourth-order valence-electron chi connectivity index (χ4n) is 5.43. The first-order chi connectivity index (χ1) is 17.4. The van der Waals surface area contributed by atoms with Crippen molar-refractivity contribution in [1.82, 2.24) is 8.61 Å². The molecule has 2 aromatic carbocycles. The largest absolute Gasteiger partial charge is 0.410 e. The van der Waals surface area contributed by atoms with Crippen LogP contribution in [0.4, 0.5) is 0 Å². The molecular weight excluding hydrogens is 518 g/mol. The number of nitrogens with zero attached hydrogens (tertiary/aromatic N) is 3. The van der Waals surface area contributed by atoms with Gasteiger partial charge in [-0.1, -0.05) is 17.3 Å². The van der Waals surface area contributed by atoms with Crippen LogP contribution in [0, 0.1) is 0 Å². The zero-order valence-electron chi connectivity index (χ0n) is 21.2. The Balaban J connectivity index is 1.51. The number of morpholine rings is 2. The van der Waals surface area contributed by atoms with Crippen LogP contribution >= 0.6 is 0 Å². The van der Waals surface area contributed by atoms with Crippen LogP contribution < -0.4 is 0 Å². The predicted molar refractivity (Wildman–Crippen MR) is 137 cm³/mol. The molecule has 2 saturated heterocycles. The van der Waals surface area contributed by atoms with Crippen LogP contribution in [0.3, 0.4) is 0 Å². The van der Waals surface area contributed by atoms with Gasteiger partial charge in [-0.2, -0.15) is 8.61 Å². The average Bonchev–Trinajstić information content (AvgIpc) is 3.15. The Hall–Kier alpha value is -2.35. The first-order valence-electron chi connectivity index (χ1n) is 12.2. The number of benzene rings is 2. The minimum atomic E-state index is -3.82. The highest BCUT2D eigenvalue weighted by Gasteiger charge is 2.36. The molecule has 0 bridgehead atoms. The van der Waals surface area contributed by atoms with Crippen LogP contribution in [0.15, 0.2) is 51.3 Å². The third kappa shape index (κ3) is 4.59. The number of ether oxygens (including phenoxy) is 2. The smallest absolute Gasteiger partial charge is 0.243 e. The van der Waals surface area contributed by atoms with Crippen molar-refractivity contribution in [3.8, 4) is 11.1 Å². The maximum absolute atomic E-state index is 13.4. The second-order valence-corrected chi connectivity index (χ2v) is 13.9. The number of oxime groups is 1. The zero-order chi connectivity index (χ0) is 26.7. The van der Waals surface area contributed by atoms with Crippen LogP contribution in [0.2, 0.25) is 0 Å². The third-order valence-corrected chi connectivity index (χ3v) is 10.6. The molecule has 3 aliphatic rings. The lowest BCUT2D eigenvalue weighted by atomic mass is 10.1. The fourth-order valence-corrected chi connectivity index (χ4v) is 8.67. The molecule has 10 nitrogen and oxygen atoms in total. The molecule has 1 N–H and O–H groups in total. The van der Waals surface area contributed by atoms with E-state index in [-0.39, 0.29) is 66.1 Å². The van der Waals surface area contributed by atoms with Crippen molar-refractivity contribution in [3.05, 3.63) is 47.5 Å². The molecule has 0 spiro atoms. The van der Waals surface area contributed by atoms with Crippen molar-refractivity contribution >= 4 is 25.8 Å². The van der Waals surface area contributed by atoms with Gasteiger partial charge in [0, 0.05) is 37.3 Å². The van der Waals surface area contributed by atoms with Gasteiger partial charge in [0.25, 0.3) is 0 Å². The van der Waals surface area contributed by atoms with Gasteiger partial charge < -0.3 is 14.7 Å². The average molecular weight is 550 g/mol. The van der Waals surface area contributed by atoms with Crippen molar-refractivity contribution in [2.24, 2.45) is 5.16 Å². The van der Waals surface area contributed by atoms with E-state index in [4.69, 9.17) is 9.47 Å². The maximum atomic E-state index is 13.4. The van der Waals surface area contributed by atoms with Gasteiger partial charge in [-0.3, -0.25) is 0 Å². The quantitative estimate of drug-likeness (QED) is 0.391. The summed E-state index contributed by atoms with van der Waals surface area (Å²) in [5.74, 6) is 0. The predicted octanol–water partition coefficient (Wildman–Crippen LogP) is 2.49. The summed E-state index contributed by atoms with van der Waals surface area (Å²) in [6.07, 6.45) is -0.927. The van der Waals surface area contributed by atoms with E-state index in [2.05, 4.69) is 5.16 Å². The van der Waals surface area contributed by atoms with E-state index in [1.807, 2.05) is 27.7 Å². The molecule has 0 amide bonds. The topological polar surface area (TPSA) is 126 Å². The lowest BCUT2D eigenvalue weighted by Crippen LogP contribution is -2.48. The normalized spacial score (nSPS) is 27.1. The van der Waals surface area contributed by atoms with Gasteiger partial charge in [0.05, 0.1) is 34.2 Å². The van der Waals surface area contributed by atoms with Crippen LogP contribution in [0.25, 0.3) is 11.1 Å².